The minimum absolute atomic E-state index is 0.0553. The van der Waals surface area contributed by atoms with Gasteiger partial charge in [0.2, 0.25) is 0 Å². The first kappa shape index (κ1) is 15.7. The number of ether oxygens (including phenoxy) is 2. The molecule has 4 nitrogen and oxygen atoms in total. The van der Waals surface area contributed by atoms with E-state index in [0.717, 1.165) is 5.75 Å². The molecule has 0 heterocycles. The quantitative estimate of drug-likeness (QED) is 0.733. The third kappa shape index (κ3) is 5.85. The van der Waals surface area contributed by atoms with Crippen molar-refractivity contribution in [3.8, 4) is 5.75 Å². The minimum atomic E-state index is -0.154. The van der Waals surface area contributed by atoms with Crippen molar-refractivity contribution in [3.63, 3.8) is 0 Å². The van der Waals surface area contributed by atoms with Crippen LogP contribution in [-0.4, -0.2) is 31.6 Å². The summed E-state index contributed by atoms with van der Waals surface area (Å²) < 4.78 is 10.5. The van der Waals surface area contributed by atoms with Crippen LogP contribution in [0.1, 0.15) is 37.0 Å². The number of hydrogen-bond acceptors (Lipinski definition) is 4. The molecule has 0 bridgehead atoms. The molecule has 0 aliphatic carbocycles. The van der Waals surface area contributed by atoms with Crippen LogP contribution in [0.4, 0.5) is 0 Å². The minimum Gasteiger partial charge on any atom is -0.491 e. The van der Waals surface area contributed by atoms with Gasteiger partial charge < -0.3 is 15.2 Å². The maximum atomic E-state index is 12.0. The molecule has 19 heavy (non-hydrogen) atoms. The second-order valence-electron chi connectivity index (χ2n) is 4.86. The van der Waals surface area contributed by atoms with Gasteiger partial charge in [0.15, 0.2) is 5.78 Å². The van der Waals surface area contributed by atoms with Crippen LogP contribution in [0.15, 0.2) is 24.3 Å². The van der Waals surface area contributed by atoms with Crippen LogP contribution in [0, 0.1) is 0 Å². The highest BCUT2D eigenvalue weighted by Crippen LogP contribution is 2.15. The molecule has 0 aliphatic heterocycles. The van der Waals surface area contributed by atoms with Crippen LogP contribution < -0.4 is 10.5 Å². The lowest BCUT2D eigenvalue weighted by Crippen LogP contribution is -2.25. The third-order valence-electron chi connectivity index (χ3n) is 2.69. The maximum absolute atomic E-state index is 12.0. The van der Waals surface area contributed by atoms with Gasteiger partial charge in [0.1, 0.15) is 5.75 Å². The lowest BCUT2D eigenvalue weighted by Gasteiger charge is -2.11. The molecule has 106 valence electrons. The number of carbonyl (C=O) groups excluding carboxylic acids is 1. The Bertz CT molecular complexity index is 387. The molecule has 0 radical (unpaired) electrons. The third-order valence-corrected chi connectivity index (χ3v) is 2.69. The Labute approximate surface area is 114 Å². The van der Waals surface area contributed by atoms with E-state index in [-0.39, 0.29) is 17.9 Å². The summed E-state index contributed by atoms with van der Waals surface area (Å²) in [4.78, 5) is 12.0. The lowest BCUT2D eigenvalue weighted by molar-refractivity contribution is 0.0967. The zero-order valence-electron chi connectivity index (χ0n) is 11.9. The van der Waals surface area contributed by atoms with Crippen molar-refractivity contribution in [1.82, 2.24) is 0 Å². The summed E-state index contributed by atoms with van der Waals surface area (Å²) in [5.74, 6) is 0.829. The molecule has 1 atom stereocenters. The van der Waals surface area contributed by atoms with E-state index in [2.05, 4.69) is 0 Å². The standard InChI is InChI=1S/C15H23NO3/c1-11(2)19-14-6-4-12(5-7-14)15(17)10-13(16)8-9-18-3/h4-7,11,13H,8-10,16H2,1-3H3. The first-order valence-corrected chi connectivity index (χ1v) is 6.57. The molecule has 0 saturated carbocycles. The smallest absolute Gasteiger partial charge is 0.164 e. The largest absolute Gasteiger partial charge is 0.491 e. The van der Waals surface area contributed by atoms with Gasteiger partial charge in [-0.1, -0.05) is 0 Å². The van der Waals surface area contributed by atoms with Crippen LogP contribution >= 0.6 is 0 Å². The Morgan fingerprint density at radius 1 is 1.26 bits per heavy atom. The summed E-state index contributed by atoms with van der Waals surface area (Å²) in [6.07, 6.45) is 1.16. The van der Waals surface area contributed by atoms with Crippen molar-refractivity contribution in [1.29, 1.82) is 0 Å². The van der Waals surface area contributed by atoms with Crippen LogP contribution in [0.5, 0.6) is 5.75 Å². The van der Waals surface area contributed by atoms with Crippen molar-refractivity contribution in [2.24, 2.45) is 5.73 Å². The average Bonchev–Trinajstić information content (AvgIpc) is 2.36. The van der Waals surface area contributed by atoms with Crippen LogP contribution in [0.3, 0.4) is 0 Å². The number of methoxy groups -OCH3 is 1. The van der Waals surface area contributed by atoms with E-state index in [1.807, 2.05) is 26.0 Å². The number of nitrogens with two attached hydrogens (primary N) is 1. The SMILES string of the molecule is COCCC(N)CC(=O)c1ccc(OC(C)C)cc1. The van der Waals surface area contributed by atoms with Crippen molar-refractivity contribution in [2.75, 3.05) is 13.7 Å². The van der Waals surface area contributed by atoms with Gasteiger partial charge >= 0.3 is 0 Å². The van der Waals surface area contributed by atoms with E-state index in [0.29, 0.717) is 25.0 Å². The van der Waals surface area contributed by atoms with E-state index in [1.54, 1.807) is 19.2 Å². The molecule has 0 fully saturated rings. The van der Waals surface area contributed by atoms with Gasteiger partial charge in [-0.15, -0.1) is 0 Å². The van der Waals surface area contributed by atoms with Gasteiger partial charge in [-0.05, 0) is 44.5 Å². The summed E-state index contributed by atoms with van der Waals surface area (Å²) in [5, 5.41) is 0. The van der Waals surface area contributed by atoms with Crippen molar-refractivity contribution >= 4 is 5.78 Å². The van der Waals surface area contributed by atoms with Crippen LogP contribution in [0.2, 0.25) is 0 Å². The highest BCUT2D eigenvalue weighted by molar-refractivity contribution is 5.96. The predicted octanol–water partition coefficient (Wildman–Crippen LogP) is 2.41. The number of ketones is 1. The monoisotopic (exact) mass is 265 g/mol. The first-order chi connectivity index (χ1) is 9.02. The van der Waals surface area contributed by atoms with E-state index in [9.17, 15) is 4.79 Å². The van der Waals surface area contributed by atoms with Gasteiger partial charge in [0.25, 0.3) is 0 Å². The highest BCUT2D eigenvalue weighted by Gasteiger charge is 2.11. The molecule has 1 aromatic rings. The molecule has 0 aliphatic rings. The second kappa shape index (κ2) is 7.92. The predicted molar refractivity (Wildman–Crippen MR) is 75.6 cm³/mol. The molecule has 1 rings (SSSR count). The Hall–Kier alpha value is -1.39. The van der Waals surface area contributed by atoms with Gasteiger partial charge in [0.05, 0.1) is 6.10 Å². The molecular weight excluding hydrogens is 242 g/mol. The molecule has 2 N–H and O–H groups in total. The fourth-order valence-electron chi connectivity index (χ4n) is 1.72. The van der Waals surface area contributed by atoms with E-state index in [4.69, 9.17) is 15.2 Å². The lowest BCUT2D eigenvalue weighted by atomic mass is 10.0. The summed E-state index contributed by atoms with van der Waals surface area (Å²) in [6.45, 7) is 4.51. The van der Waals surface area contributed by atoms with E-state index in [1.165, 1.54) is 0 Å². The zero-order valence-corrected chi connectivity index (χ0v) is 11.9. The molecule has 0 saturated heterocycles. The molecule has 4 heteroatoms. The van der Waals surface area contributed by atoms with Crippen LogP contribution in [-0.2, 0) is 4.74 Å². The van der Waals surface area contributed by atoms with Crippen molar-refractivity contribution in [3.05, 3.63) is 29.8 Å². The molecule has 0 spiro atoms. The van der Waals surface area contributed by atoms with E-state index >= 15 is 0 Å². The number of carbonyl (C=O) groups is 1. The topological polar surface area (TPSA) is 61.5 Å². The van der Waals surface area contributed by atoms with Crippen LogP contribution in [0.25, 0.3) is 0 Å². The Morgan fingerprint density at radius 3 is 2.42 bits per heavy atom. The molecule has 1 aromatic carbocycles. The van der Waals surface area contributed by atoms with Gasteiger partial charge in [-0.2, -0.15) is 0 Å². The second-order valence-corrected chi connectivity index (χ2v) is 4.86. The molecule has 0 aromatic heterocycles. The Balaban J connectivity index is 2.53. The van der Waals surface area contributed by atoms with Gasteiger partial charge in [0, 0.05) is 31.7 Å². The number of Topliss-reactive ketones (excluding diaryl/α,β-unsaturated/α-hetero) is 1. The number of rotatable bonds is 8. The summed E-state index contributed by atoms with van der Waals surface area (Å²) in [5.41, 5.74) is 6.54. The normalized spacial score (nSPS) is 12.5. The zero-order chi connectivity index (χ0) is 14.3. The Morgan fingerprint density at radius 2 is 1.89 bits per heavy atom. The summed E-state index contributed by atoms with van der Waals surface area (Å²) >= 11 is 0. The number of hydrogen-bond donors (Lipinski definition) is 1. The molecular formula is C15H23NO3. The first-order valence-electron chi connectivity index (χ1n) is 6.57. The maximum Gasteiger partial charge on any atom is 0.164 e. The van der Waals surface area contributed by atoms with E-state index < -0.39 is 0 Å². The van der Waals surface area contributed by atoms with Gasteiger partial charge in [-0.3, -0.25) is 4.79 Å². The van der Waals surface area contributed by atoms with Gasteiger partial charge in [-0.25, -0.2) is 0 Å². The summed E-state index contributed by atoms with van der Waals surface area (Å²) in [6, 6.07) is 7.03. The Kier molecular flexibility index (Phi) is 6.53. The summed E-state index contributed by atoms with van der Waals surface area (Å²) in [7, 11) is 1.63. The number of benzene rings is 1. The molecule has 0 amide bonds. The molecule has 1 unspecified atom stereocenters. The fraction of sp³-hybridized carbons (Fsp3) is 0.533. The average molecular weight is 265 g/mol. The highest BCUT2D eigenvalue weighted by atomic mass is 16.5. The fourth-order valence-corrected chi connectivity index (χ4v) is 1.72. The van der Waals surface area contributed by atoms with Crippen molar-refractivity contribution in [2.45, 2.75) is 38.8 Å². The van der Waals surface area contributed by atoms with Crippen molar-refractivity contribution < 1.29 is 14.3 Å².